The first-order chi connectivity index (χ1) is 11.4. The predicted molar refractivity (Wildman–Crippen MR) is 91.7 cm³/mol. The van der Waals surface area contributed by atoms with Gasteiger partial charge in [0.2, 0.25) is 5.60 Å². The van der Waals surface area contributed by atoms with Crippen molar-refractivity contribution in [2.45, 2.75) is 31.9 Å². The third-order valence-corrected chi connectivity index (χ3v) is 5.05. The van der Waals surface area contributed by atoms with Crippen molar-refractivity contribution < 1.29 is 14.7 Å². The van der Waals surface area contributed by atoms with E-state index in [1.54, 1.807) is 4.90 Å². The molecule has 2 aliphatic rings. The number of piperazine rings is 1. The molecule has 2 saturated heterocycles. The molecule has 0 radical (unpaired) electrons. The molecule has 0 saturated carbocycles. The molecule has 1 N–H and O–H groups in total. The van der Waals surface area contributed by atoms with Crippen LogP contribution in [0.4, 0.5) is 5.69 Å². The van der Waals surface area contributed by atoms with E-state index in [0.29, 0.717) is 25.7 Å². The second-order valence-corrected chi connectivity index (χ2v) is 6.82. The quantitative estimate of drug-likeness (QED) is 0.829. The first-order valence-electron chi connectivity index (χ1n) is 8.56. The number of benzene rings is 1. The fraction of sp³-hybridized carbons (Fsp3) is 0.556. The SMILES string of the molecule is CC(C)N1CCN(C(=O)C2(O)CCN(c3ccccc3)C2=O)CC1. The monoisotopic (exact) mass is 331 g/mol. The van der Waals surface area contributed by atoms with E-state index in [4.69, 9.17) is 0 Å². The summed E-state index contributed by atoms with van der Waals surface area (Å²) in [5.74, 6) is -0.959. The van der Waals surface area contributed by atoms with Gasteiger partial charge in [-0.05, 0) is 26.0 Å². The van der Waals surface area contributed by atoms with Crippen LogP contribution in [0.25, 0.3) is 0 Å². The minimum absolute atomic E-state index is 0.143. The van der Waals surface area contributed by atoms with Gasteiger partial charge in [-0.3, -0.25) is 14.5 Å². The van der Waals surface area contributed by atoms with Gasteiger partial charge in [-0.25, -0.2) is 0 Å². The molecule has 2 amide bonds. The van der Waals surface area contributed by atoms with Crippen LogP contribution in [-0.4, -0.2) is 71.1 Å². The van der Waals surface area contributed by atoms with Crippen LogP contribution in [0.5, 0.6) is 0 Å². The first kappa shape index (κ1) is 16.9. The molecule has 0 spiro atoms. The molecular weight excluding hydrogens is 306 g/mol. The lowest BCUT2D eigenvalue weighted by Gasteiger charge is -2.39. The maximum Gasteiger partial charge on any atom is 0.268 e. The number of rotatable bonds is 3. The molecule has 6 nitrogen and oxygen atoms in total. The molecule has 2 heterocycles. The van der Waals surface area contributed by atoms with Gasteiger partial charge in [-0.15, -0.1) is 0 Å². The summed E-state index contributed by atoms with van der Waals surface area (Å²) in [7, 11) is 0. The minimum Gasteiger partial charge on any atom is -0.372 e. The molecule has 1 unspecified atom stereocenters. The highest BCUT2D eigenvalue weighted by Gasteiger charge is 2.53. The smallest absolute Gasteiger partial charge is 0.268 e. The third kappa shape index (κ3) is 2.91. The number of para-hydroxylation sites is 1. The van der Waals surface area contributed by atoms with E-state index < -0.39 is 17.4 Å². The largest absolute Gasteiger partial charge is 0.372 e. The Balaban J connectivity index is 1.70. The average molecular weight is 331 g/mol. The van der Waals surface area contributed by atoms with Crippen molar-refractivity contribution in [1.29, 1.82) is 0 Å². The normalized spacial score (nSPS) is 25.6. The number of hydrogen-bond donors (Lipinski definition) is 1. The summed E-state index contributed by atoms with van der Waals surface area (Å²) in [6.45, 7) is 7.27. The maximum atomic E-state index is 12.8. The van der Waals surface area contributed by atoms with Crippen molar-refractivity contribution >= 4 is 17.5 Å². The van der Waals surface area contributed by atoms with Gasteiger partial charge in [-0.2, -0.15) is 0 Å². The van der Waals surface area contributed by atoms with Crippen molar-refractivity contribution in [3.05, 3.63) is 30.3 Å². The van der Waals surface area contributed by atoms with E-state index in [1.807, 2.05) is 30.3 Å². The van der Waals surface area contributed by atoms with E-state index in [2.05, 4.69) is 18.7 Å². The molecule has 0 aliphatic carbocycles. The highest BCUT2D eigenvalue weighted by Crippen LogP contribution is 2.30. The number of carbonyl (C=O) groups excluding carboxylic acids is 2. The van der Waals surface area contributed by atoms with Gasteiger partial charge >= 0.3 is 0 Å². The first-order valence-corrected chi connectivity index (χ1v) is 8.56. The van der Waals surface area contributed by atoms with Gasteiger partial charge in [0.05, 0.1) is 0 Å². The number of carbonyl (C=O) groups is 2. The summed E-state index contributed by atoms with van der Waals surface area (Å²) in [6.07, 6.45) is 0.143. The average Bonchev–Trinajstić information content (AvgIpc) is 2.91. The van der Waals surface area contributed by atoms with Crippen molar-refractivity contribution in [2.24, 2.45) is 0 Å². The maximum absolute atomic E-state index is 12.8. The lowest BCUT2D eigenvalue weighted by atomic mass is 10.00. The summed E-state index contributed by atoms with van der Waals surface area (Å²) in [4.78, 5) is 30.9. The highest BCUT2D eigenvalue weighted by atomic mass is 16.3. The van der Waals surface area contributed by atoms with E-state index in [-0.39, 0.29) is 6.42 Å². The molecule has 1 aromatic carbocycles. The van der Waals surface area contributed by atoms with E-state index in [0.717, 1.165) is 18.8 Å². The van der Waals surface area contributed by atoms with Gasteiger partial charge in [0.1, 0.15) is 0 Å². The number of nitrogens with zero attached hydrogens (tertiary/aromatic N) is 3. The van der Waals surface area contributed by atoms with Crippen LogP contribution in [0, 0.1) is 0 Å². The molecule has 2 aliphatic heterocycles. The van der Waals surface area contributed by atoms with Gasteiger partial charge in [-0.1, -0.05) is 18.2 Å². The topological polar surface area (TPSA) is 64.1 Å². The second kappa shape index (κ2) is 6.53. The van der Waals surface area contributed by atoms with Crippen molar-refractivity contribution in [2.75, 3.05) is 37.6 Å². The summed E-state index contributed by atoms with van der Waals surface area (Å²) >= 11 is 0. The number of anilines is 1. The van der Waals surface area contributed by atoms with E-state index in [9.17, 15) is 14.7 Å². The minimum atomic E-state index is -1.92. The van der Waals surface area contributed by atoms with Crippen LogP contribution in [0.3, 0.4) is 0 Å². The molecule has 2 fully saturated rings. The Morgan fingerprint density at radius 1 is 1.08 bits per heavy atom. The Morgan fingerprint density at radius 3 is 2.29 bits per heavy atom. The van der Waals surface area contributed by atoms with Gasteiger partial charge in [0.15, 0.2) is 0 Å². The van der Waals surface area contributed by atoms with Crippen LogP contribution in [0.15, 0.2) is 30.3 Å². The van der Waals surface area contributed by atoms with Crippen LogP contribution in [-0.2, 0) is 9.59 Å². The summed E-state index contributed by atoms with van der Waals surface area (Å²) in [5.41, 5.74) is -1.20. The molecule has 6 heteroatoms. The van der Waals surface area contributed by atoms with Gasteiger partial charge in [0.25, 0.3) is 11.8 Å². The van der Waals surface area contributed by atoms with Crippen LogP contribution >= 0.6 is 0 Å². The number of hydrogen-bond acceptors (Lipinski definition) is 4. The van der Waals surface area contributed by atoms with Crippen molar-refractivity contribution in [3.8, 4) is 0 Å². The molecule has 0 aromatic heterocycles. The Morgan fingerprint density at radius 2 is 1.71 bits per heavy atom. The van der Waals surface area contributed by atoms with Gasteiger partial charge < -0.3 is 14.9 Å². The molecule has 24 heavy (non-hydrogen) atoms. The van der Waals surface area contributed by atoms with E-state index >= 15 is 0 Å². The molecule has 130 valence electrons. The Bertz CT molecular complexity index is 611. The van der Waals surface area contributed by atoms with Crippen molar-refractivity contribution in [1.82, 2.24) is 9.80 Å². The van der Waals surface area contributed by atoms with Crippen LogP contribution in [0.2, 0.25) is 0 Å². The number of aliphatic hydroxyl groups is 1. The fourth-order valence-corrected chi connectivity index (χ4v) is 3.46. The molecule has 0 bridgehead atoms. The predicted octanol–water partition coefficient (Wildman–Crippen LogP) is 0.707. The molecule has 3 rings (SSSR count). The summed E-state index contributed by atoms with van der Waals surface area (Å²) in [5, 5.41) is 10.8. The zero-order valence-corrected chi connectivity index (χ0v) is 14.3. The second-order valence-electron chi connectivity index (χ2n) is 6.82. The molecule has 1 aromatic rings. The summed E-state index contributed by atoms with van der Waals surface area (Å²) in [6, 6.07) is 9.62. The number of amides is 2. The van der Waals surface area contributed by atoms with Crippen LogP contribution in [0.1, 0.15) is 20.3 Å². The zero-order valence-electron chi connectivity index (χ0n) is 14.3. The zero-order chi connectivity index (χ0) is 17.3. The lowest BCUT2D eigenvalue weighted by molar-refractivity contribution is -0.158. The van der Waals surface area contributed by atoms with Crippen LogP contribution < -0.4 is 4.90 Å². The van der Waals surface area contributed by atoms with Gasteiger partial charge in [0, 0.05) is 50.9 Å². The Labute approximate surface area is 142 Å². The standard InChI is InChI=1S/C18H25N3O3/c1-14(2)19-10-12-20(13-11-19)16(22)18(24)8-9-21(17(18)23)15-6-4-3-5-7-15/h3-7,14,24H,8-13H2,1-2H3. The molecular formula is C18H25N3O3. The third-order valence-electron chi connectivity index (χ3n) is 5.05. The molecule has 1 atom stereocenters. The fourth-order valence-electron chi connectivity index (χ4n) is 3.46. The van der Waals surface area contributed by atoms with E-state index in [1.165, 1.54) is 4.90 Å². The lowest BCUT2D eigenvalue weighted by Crippen LogP contribution is -2.59. The summed E-state index contributed by atoms with van der Waals surface area (Å²) < 4.78 is 0. The van der Waals surface area contributed by atoms with Crippen molar-refractivity contribution in [3.63, 3.8) is 0 Å². The Hall–Kier alpha value is -1.92. The Kier molecular flexibility index (Phi) is 4.60. The highest BCUT2D eigenvalue weighted by molar-refractivity contribution is 6.16.